The average Bonchev–Trinajstić information content (AvgIpc) is 3.55. The summed E-state index contributed by atoms with van der Waals surface area (Å²) in [6.45, 7) is 4.02. The predicted molar refractivity (Wildman–Crippen MR) is 141 cm³/mol. The van der Waals surface area contributed by atoms with E-state index in [0.717, 1.165) is 13.1 Å². The summed E-state index contributed by atoms with van der Waals surface area (Å²) in [4.78, 5) is 26.6. The third kappa shape index (κ3) is 6.23. The van der Waals surface area contributed by atoms with Crippen molar-refractivity contribution in [3.63, 3.8) is 0 Å². The second-order valence-electron chi connectivity index (χ2n) is 9.83. The van der Waals surface area contributed by atoms with Gasteiger partial charge in [-0.15, -0.1) is 0 Å². The van der Waals surface area contributed by atoms with Gasteiger partial charge in [0.2, 0.25) is 10.0 Å². The Bertz CT molecular complexity index is 1370. The van der Waals surface area contributed by atoms with Crippen molar-refractivity contribution in [1.29, 1.82) is 0 Å². The first-order valence-corrected chi connectivity index (χ1v) is 13.8. The number of benzene rings is 1. The number of ether oxygens (including phenoxy) is 1. The number of aromatic nitrogens is 1. The maximum absolute atomic E-state index is 15.1. The Morgan fingerprint density at radius 3 is 2.41 bits per heavy atom. The molecule has 0 bridgehead atoms. The minimum absolute atomic E-state index is 0.157. The Hall–Kier alpha value is -2.30. The minimum Gasteiger partial charge on any atom is -0.443 e. The first-order valence-electron chi connectivity index (χ1n) is 11.2. The number of nitrogens with zero attached hydrogens (tertiary/aromatic N) is 2. The van der Waals surface area contributed by atoms with E-state index < -0.39 is 67.9 Å². The highest BCUT2D eigenvalue weighted by Crippen LogP contribution is 2.48. The van der Waals surface area contributed by atoms with Gasteiger partial charge < -0.3 is 14.9 Å². The Balaban J connectivity index is 2.24. The molecule has 0 saturated heterocycles. The number of carbonyl (C=O) groups excluding carboxylic acids is 1. The first kappa shape index (κ1) is 29.3. The van der Waals surface area contributed by atoms with Crippen LogP contribution >= 0.6 is 22.6 Å². The summed E-state index contributed by atoms with van der Waals surface area (Å²) < 4.78 is 63.8. The molecule has 37 heavy (non-hydrogen) atoms. The summed E-state index contributed by atoms with van der Waals surface area (Å²) in [6, 6.07) is 4.45. The number of carbonyl (C=O) groups is 1. The van der Waals surface area contributed by atoms with E-state index in [1.54, 1.807) is 20.8 Å². The van der Waals surface area contributed by atoms with Gasteiger partial charge >= 0.3 is 6.09 Å². The standard InChI is InChI=1S/C23H28F2IN3O7S/c1-22(2,3)36-21(33)29(18-6-5-13(26)9-15(18)24)19-17(10-16(25)20(32)28(19)4)27-37(34,35)23(7-8-23)11-14(31)12-30/h5-6,9-10,14,27,30-31H,7-8,11-12H2,1-4H3. The summed E-state index contributed by atoms with van der Waals surface area (Å²) in [5.74, 6) is -2.69. The summed E-state index contributed by atoms with van der Waals surface area (Å²) in [6.07, 6.45) is -2.43. The van der Waals surface area contributed by atoms with Crippen molar-refractivity contribution < 1.29 is 36.9 Å². The van der Waals surface area contributed by atoms with Crippen LogP contribution in [0.4, 0.5) is 30.8 Å². The maximum Gasteiger partial charge on any atom is 0.420 e. The van der Waals surface area contributed by atoms with Crippen LogP contribution in [-0.2, 0) is 21.8 Å². The topological polar surface area (TPSA) is 138 Å². The van der Waals surface area contributed by atoms with Crippen LogP contribution < -0.4 is 15.2 Å². The number of sulfonamides is 1. The molecule has 1 fully saturated rings. The van der Waals surface area contributed by atoms with Crippen molar-refractivity contribution in [3.05, 3.63) is 49.8 Å². The van der Waals surface area contributed by atoms with Gasteiger partial charge in [-0.2, -0.15) is 0 Å². The molecular formula is C23H28F2IN3O7S. The number of amides is 1. The van der Waals surface area contributed by atoms with Gasteiger partial charge in [-0.1, -0.05) is 0 Å². The molecule has 1 amide bonds. The van der Waals surface area contributed by atoms with Crippen molar-refractivity contribution in [2.75, 3.05) is 16.2 Å². The second kappa shape index (κ2) is 10.5. The van der Waals surface area contributed by atoms with Gasteiger partial charge in [-0.05, 0) is 80.8 Å². The molecule has 10 nitrogen and oxygen atoms in total. The molecule has 2 aromatic rings. The van der Waals surface area contributed by atoms with Crippen LogP contribution in [0.2, 0.25) is 0 Å². The quantitative estimate of drug-likeness (QED) is 0.371. The molecule has 1 heterocycles. The third-order valence-corrected chi connectivity index (χ3v) is 8.59. The summed E-state index contributed by atoms with van der Waals surface area (Å²) >= 11 is 1.86. The SMILES string of the molecule is Cn1c(N(C(=O)OC(C)(C)C)c2ccc(I)cc2F)c(NS(=O)(=O)C2(CC(O)CO)CC2)cc(F)c1=O. The molecule has 1 aliphatic rings. The highest BCUT2D eigenvalue weighted by molar-refractivity contribution is 14.1. The van der Waals surface area contributed by atoms with Crippen molar-refractivity contribution in [2.24, 2.45) is 7.05 Å². The van der Waals surface area contributed by atoms with E-state index in [0.29, 0.717) is 19.1 Å². The van der Waals surface area contributed by atoms with Gasteiger partial charge in [0, 0.05) is 16.7 Å². The molecule has 3 rings (SSSR count). The number of rotatable bonds is 8. The number of hydrogen-bond donors (Lipinski definition) is 3. The molecule has 0 spiro atoms. The van der Waals surface area contributed by atoms with Crippen molar-refractivity contribution in [2.45, 2.75) is 56.5 Å². The largest absolute Gasteiger partial charge is 0.443 e. The van der Waals surface area contributed by atoms with E-state index in [2.05, 4.69) is 4.72 Å². The van der Waals surface area contributed by atoms with E-state index >= 15 is 4.39 Å². The van der Waals surface area contributed by atoms with Crippen LogP contribution in [0.3, 0.4) is 0 Å². The number of halogens is 3. The van der Waals surface area contributed by atoms with Crippen LogP contribution in [0.25, 0.3) is 0 Å². The van der Waals surface area contributed by atoms with E-state index in [4.69, 9.17) is 4.74 Å². The number of hydrogen-bond acceptors (Lipinski definition) is 7. The molecule has 0 aliphatic heterocycles. The van der Waals surface area contributed by atoms with E-state index in [-0.39, 0.29) is 24.9 Å². The zero-order chi connectivity index (χ0) is 27.9. The Morgan fingerprint density at radius 1 is 1.27 bits per heavy atom. The fourth-order valence-corrected chi connectivity index (χ4v) is 5.93. The molecule has 1 unspecified atom stereocenters. The molecule has 3 N–H and O–H groups in total. The lowest BCUT2D eigenvalue weighted by Gasteiger charge is -2.30. The normalized spacial score (nSPS) is 15.7. The highest BCUT2D eigenvalue weighted by atomic mass is 127. The van der Waals surface area contributed by atoms with Crippen LogP contribution in [0.15, 0.2) is 29.1 Å². The van der Waals surface area contributed by atoms with Gasteiger partial charge in [-0.3, -0.25) is 14.1 Å². The maximum atomic E-state index is 15.1. The van der Waals surface area contributed by atoms with Crippen LogP contribution in [0.5, 0.6) is 0 Å². The molecule has 1 aliphatic carbocycles. The number of nitrogens with one attached hydrogen (secondary N) is 1. The average molecular weight is 655 g/mol. The Labute approximate surface area is 226 Å². The van der Waals surface area contributed by atoms with Gasteiger partial charge in [0.25, 0.3) is 5.56 Å². The lowest BCUT2D eigenvalue weighted by Crippen LogP contribution is -2.39. The second-order valence-corrected chi connectivity index (χ2v) is 13.2. The summed E-state index contributed by atoms with van der Waals surface area (Å²) in [5.41, 5.74) is -3.15. The number of pyridine rings is 1. The van der Waals surface area contributed by atoms with Crippen LogP contribution in [-0.4, -0.2) is 52.4 Å². The molecule has 1 aromatic carbocycles. The lowest BCUT2D eigenvalue weighted by atomic mass is 10.2. The van der Waals surface area contributed by atoms with Gasteiger partial charge in [0.1, 0.15) is 11.4 Å². The number of aliphatic hydroxyl groups is 2. The zero-order valence-corrected chi connectivity index (χ0v) is 23.6. The monoisotopic (exact) mass is 655 g/mol. The summed E-state index contributed by atoms with van der Waals surface area (Å²) in [5, 5.41) is 19.0. The van der Waals surface area contributed by atoms with Crippen molar-refractivity contribution >= 4 is 55.9 Å². The third-order valence-electron chi connectivity index (χ3n) is 5.72. The Kier molecular flexibility index (Phi) is 8.27. The van der Waals surface area contributed by atoms with Crippen molar-refractivity contribution in [1.82, 2.24) is 4.57 Å². The zero-order valence-electron chi connectivity index (χ0n) is 20.6. The predicted octanol–water partition coefficient (Wildman–Crippen LogP) is 3.36. The number of anilines is 3. The van der Waals surface area contributed by atoms with Gasteiger partial charge in [0.15, 0.2) is 11.6 Å². The fourth-order valence-electron chi connectivity index (χ4n) is 3.77. The molecule has 1 aromatic heterocycles. The molecule has 1 saturated carbocycles. The molecule has 204 valence electrons. The molecular weight excluding hydrogens is 627 g/mol. The van der Waals surface area contributed by atoms with E-state index in [1.165, 1.54) is 12.1 Å². The van der Waals surface area contributed by atoms with E-state index in [9.17, 15) is 32.6 Å². The van der Waals surface area contributed by atoms with Crippen molar-refractivity contribution in [3.8, 4) is 0 Å². The smallest absolute Gasteiger partial charge is 0.420 e. The molecule has 0 radical (unpaired) electrons. The lowest BCUT2D eigenvalue weighted by molar-refractivity contribution is 0.0596. The minimum atomic E-state index is -4.35. The van der Waals surface area contributed by atoms with Gasteiger partial charge in [0.05, 0.1) is 28.8 Å². The Morgan fingerprint density at radius 2 is 1.89 bits per heavy atom. The first-order chi connectivity index (χ1) is 17.0. The fraction of sp³-hybridized carbons (Fsp3) is 0.478. The van der Waals surface area contributed by atoms with Gasteiger partial charge in [-0.25, -0.2) is 26.9 Å². The highest BCUT2D eigenvalue weighted by Gasteiger charge is 2.55. The molecule has 14 heteroatoms. The molecule has 1 atom stereocenters. The van der Waals surface area contributed by atoms with E-state index in [1.807, 2.05) is 22.6 Å². The summed E-state index contributed by atoms with van der Waals surface area (Å²) in [7, 11) is -3.25. The van der Waals surface area contributed by atoms with Crippen LogP contribution in [0, 0.1) is 15.2 Å². The number of aliphatic hydroxyl groups excluding tert-OH is 2. The van der Waals surface area contributed by atoms with Crippen LogP contribution in [0.1, 0.15) is 40.0 Å².